The Bertz CT molecular complexity index is 1650. The average Bonchev–Trinajstić information content (AvgIpc) is 3.01. The van der Waals surface area contributed by atoms with Gasteiger partial charge < -0.3 is 10.2 Å². The van der Waals surface area contributed by atoms with Gasteiger partial charge in [-0.3, -0.25) is 13.9 Å². The molecule has 7 nitrogen and oxygen atoms in total. The number of halogens is 3. The Morgan fingerprint density at radius 3 is 1.95 bits per heavy atom. The first-order valence-electron chi connectivity index (χ1n) is 14.0. The second-order valence-electron chi connectivity index (χ2n) is 10.1. The van der Waals surface area contributed by atoms with Crippen LogP contribution in [-0.4, -0.2) is 44.3 Å². The summed E-state index contributed by atoms with van der Waals surface area (Å²) >= 11 is 18.7. The van der Waals surface area contributed by atoms with Gasteiger partial charge >= 0.3 is 0 Å². The largest absolute Gasteiger partial charge is 0.354 e. The van der Waals surface area contributed by atoms with Crippen LogP contribution < -0.4 is 9.62 Å². The van der Waals surface area contributed by atoms with Gasteiger partial charge in [-0.15, -0.1) is 0 Å². The smallest absolute Gasteiger partial charge is 0.264 e. The summed E-state index contributed by atoms with van der Waals surface area (Å²) in [5.74, 6) is -0.940. The molecule has 0 aliphatic rings. The molecule has 44 heavy (non-hydrogen) atoms. The van der Waals surface area contributed by atoms with Gasteiger partial charge in [0.25, 0.3) is 10.0 Å². The summed E-state index contributed by atoms with van der Waals surface area (Å²) < 4.78 is 29.0. The van der Waals surface area contributed by atoms with E-state index in [-0.39, 0.29) is 39.5 Å². The van der Waals surface area contributed by atoms with Gasteiger partial charge in [-0.2, -0.15) is 0 Å². The van der Waals surface area contributed by atoms with Crippen molar-refractivity contribution in [3.63, 3.8) is 0 Å². The third-order valence-corrected chi connectivity index (χ3v) is 9.31. The molecule has 0 spiro atoms. The van der Waals surface area contributed by atoms with E-state index in [0.717, 1.165) is 9.87 Å². The van der Waals surface area contributed by atoms with Crippen molar-refractivity contribution in [3.05, 3.63) is 129 Å². The highest BCUT2D eigenvalue weighted by molar-refractivity contribution is 7.92. The lowest BCUT2D eigenvalue weighted by atomic mass is 10.0. The van der Waals surface area contributed by atoms with Crippen molar-refractivity contribution in [1.29, 1.82) is 0 Å². The highest BCUT2D eigenvalue weighted by atomic mass is 35.5. The number of carbonyl (C=O) groups excluding carboxylic acids is 2. The van der Waals surface area contributed by atoms with E-state index in [1.807, 2.05) is 37.3 Å². The molecule has 0 fully saturated rings. The molecule has 0 saturated carbocycles. The Morgan fingerprint density at radius 1 is 0.773 bits per heavy atom. The fourth-order valence-electron chi connectivity index (χ4n) is 4.64. The summed E-state index contributed by atoms with van der Waals surface area (Å²) in [6, 6.07) is 27.4. The van der Waals surface area contributed by atoms with Crippen molar-refractivity contribution in [2.24, 2.45) is 0 Å². The lowest BCUT2D eigenvalue weighted by Gasteiger charge is -2.34. The van der Waals surface area contributed by atoms with Gasteiger partial charge in [0.05, 0.1) is 10.6 Å². The van der Waals surface area contributed by atoms with E-state index in [0.29, 0.717) is 23.6 Å². The van der Waals surface area contributed by atoms with Crippen molar-refractivity contribution in [2.75, 3.05) is 17.4 Å². The van der Waals surface area contributed by atoms with E-state index < -0.39 is 28.5 Å². The summed E-state index contributed by atoms with van der Waals surface area (Å²) in [7, 11) is -4.26. The number of sulfonamides is 1. The van der Waals surface area contributed by atoms with Gasteiger partial charge in [-0.1, -0.05) is 102 Å². The Morgan fingerprint density at radius 2 is 1.36 bits per heavy atom. The van der Waals surface area contributed by atoms with Crippen LogP contribution in [-0.2, 0) is 32.6 Å². The van der Waals surface area contributed by atoms with Crippen LogP contribution >= 0.6 is 34.8 Å². The Hall–Kier alpha value is -3.56. The number of hydrogen-bond donors (Lipinski definition) is 1. The Kier molecular flexibility index (Phi) is 11.7. The molecule has 0 aliphatic heterocycles. The van der Waals surface area contributed by atoms with Gasteiger partial charge in [0.1, 0.15) is 12.6 Å². The molecule has 11 heteroatoms. The average molecular weight is 673 g/mol. The maximum absolute atomic E-state index is 14.4. The predicted molar refractivity (Wildman–Crippen MR) is 177 cm³/mol. The molecule has 1 atom stereocenters. The zero-order valence-electron chi connectivity index (χ0n) is 24.0. The van der Waals surface area contributed by atoms with Crippen LogP contribution in [0.1, 0.15) is 24.5 Å². The highest BCUT2D eigenvalue weighted by Crippen LogP contribution is 2.30. The topological polar surface area (TPSA) is 86.8 Å². The summed E-state index contributed by atoms with van der Waals surface area (Å²) in [5, 5.41) is 3.84. The van der Waals surface area contributed by atoms with E-state index in [1.54, 1.807) is 42.5 Å². The third kappa shape index (κ3) is 8.76. The summed E-state index contributed by atoms with van der Waals surface area (Å²) in [6.07, 6.45) is 0.914. The van der Waals surface area contributed by atoms with E-state index in [2.05, 4.69) is 5.32 Å². The quantitative estimate of drug-likeness (QED) is 0.166. The monoisotopic (exact) mass is 671 g/mol. The standard InChI is InChI=1S/C33H32Cl3N3O4S/c1-2-17-37-33(41)31(18-24-9-5-3-6-10-24)38(22-25-13-15-26(34)16-14-25)32(40)23-39(29-20-27(35)19-28(36)21-29)44(42,43)30-11-7-4-8-12-30/h3-16,19-21,31H,2,17-18,22-23H2,1H3,(H,37,41). The number of amides is 2. The number of hydrogen-bond acceptors (Lipinski definition) is 4. The molecule has 230 valence electrons. The minimum atomic E-state index is -4.26. The SMILES string of the molecule is CCCNC(=O)C(Cc1ccccc1)N(Cc1ccc(Cl)cc1)C(=O)CN(c1cc(Cl)cc(Cl)c1)S(=O)(=O)c1ccccc1. The predicted octanol–water partition coefficient (Wildman–Crippen LogP) is 7.01. The van der Waals surface area contributed by atoms with Crippen molar-refractivity contribution in [1.82, 2.24) is 10.2 Å². The molecule has 0 saturated heterocycles. The number of nitrogens with zero attached hydrogens (tertiary/aromatic N) is 2. The second kappa shape index (κ2) is 15.4. The molecule has 1 unspecified atom stereocenters. The van der Waals surface area contributed by atoms with E-state index in [9.17, 15) is 18.0 Å². The van der Waals surface area contributed by atoms with Crippen LogP contribution in [0.3, 0.4) is 0 Å². The molecule has 1 N–H and O–H groups in total. The zero-order valence-corrected chi connectivity index (χ0v) is 27.1. The molecule has 4 rings (SSSR count). The van der Waals surface area contributed by atoms with Crippen LogP contribution in [0, 0.1) is 0 Å². The van der Waals surface area contributed by atoms with Gasteiger partial charge in [0, 0.05) is 34.6 Å². The maximum atomic E-state index is 14.4. The molecule has 2 amide bonds. The normalized spacial score (nSPS) is 11.9. The fraction of sp³-hybridized carbons (Fsp3) is 0.212. The molecule has 4 aromatic rings. The molecule has 4 aromatic carbocycles. The van der Waals surface area contributed by atoms with Crippen LogP contribution in [0.2, 0.25) is 15.1 Å². The lowest BCUT2D eigenvalue weighted by Crippen LogP contribution is -2.53. The van der Waals surface area contributed by atoms with Gasteiger partial charge in [0.2, 0.25) is 11.8 Å². The number of benzene rings is 4. The molecule has 0 bridgehead atoms. The molecular weight excluding hydrogens is 641 g/mol. The number of nitrogens with one attached hydrogen (secondary N) is 1. The Labute approximate surface area is 273 Å². The van der Waals surface area contributed by atoms with Crippen LogP contribution in [0.5, 0.6) is 0 Å². The van der Waals surface area contributed by atoms with E-state index in [4.69, 9.17) is 34.8 Å². The van der Waals surface area contributed by atoms with Crippen LogP contribution in [0.15, 0.2) is 108 Å². The summed E-state index contributed by atoms with van der Waals surface area (Å²) in [5.41, 5.74) is 1.67. The first kappa shape index (κ1) is 33.3. The Balaban J connectivity index is 1.81. The number of anilines is 1. The first-order valence-corrected chi connectivity index (χ1v) is 16.6. The van der Waals surface area contributed by atoms with Crippen molar-refractivity contribution >= 4 is 62.3 Å². The molecule has 0 radical (unpaired) electrons. The van der Waals surface area contributed by atoms with Crippen molar-refractivity contribution < 1.29 is 18.0 Å². The minimum absolute atomic E-state index is 0.0188. The number of rotatable bonds is 13. The van der Waals surface area contributed by atoms with Crippen molar-refractivity contribution in [3.8, 4) is 0 Å². The minimum Gasteiger partial charge on any atom is -0.354 e. The zero-order chi connectivity index (χ0) is 31.7. The lowest BCUT2D eigenvalue weighted by molar-refractivity contribution is -0.140. The molecule has 0 aromatic heterocycles. The third-order valence-electron chi connectivity index (χ3n) is 6.83. The van der Waals surface area contributed by atoms with Crippen molar-refractivity contribution in [2.45, 2.75) is 37.2 Å². The van der Waals surface area contributed by atoms with Gasteiger partial charge in [-0.25, -0.2) is 8.42 Å². The van der Waals surface area contributed by atoms with E-state index in [1.165, 1.54) is 35.2 Å². The van der Waals surface area contributed by atoms with Gasteiger partial charge in [-0.05, 0) is 60.0 Å². The molecular formula is C33H32Cl3N3O4S. The molecule has 0 heterocycles. The summed E-state index contributed by atoms with van der Waals surface area (Å²) in [4.78, 5) is 29.5. The highest BCUT2D eigenvalue weighted by Gasteiger charge is 2.34. The fourth-order valence-corrected chi connectivity index (χ4v) is 6.70. The second-order valence-corrected chi connectivity index (χ2v) is 13.3. The van der Waals surface area contributed by atoms with Gasteiger partial charge in [0.15, 0.2) is 0 Å². The number of carbonyl (C=O) groups is 2. The first-order chi connectivity index (χ1) is 21.1. The van der Waals surface area contributed by atoms with Crippen LogP contribution in [0.25, 0.3) is 0 Å². The maximum Gasteiger partial charge on any atom is 0.264 e. The van der Waals surface area contributed by atoms with Crippen LogP contribution in [0.4, 0.5) is 5.69 Å². The summed E-state index contributed by atoms with van der Waals surface area (Å²) in [6.45, 7) is 1.77. The van der Waals surface area contributed by atoms with E-state index >= 15 is 0 Å². The molecule has 0 aliphatic carbocycles.